The lowest BCUT2D eigenvalue weighted by atomic mass is 9.91. The van der Waals surface area contributed by atoms with Crippen molar-refractivity contribution in [2.45, 2.75) is 19.4 Å². The highest BCUT2D eigenvalue weighted by atomic mass is 16.4. The van der Waals surface area contributed by atoms with Gasteiger partial charge in [-0.1, -0.05) is 13.0 Å². The fraction of sp³-hybridized carbons (Fsp3) is 0.571. The second-order valence-corrected chi connectivity index (χ2v) is 2.48. The third kappa shape index (κ3) is 1.57. The second kappa shape index (κ2) is 2.84. The van der Waals surface area contributed by atoms with Gasteiger partial charge in [-0.05, 0) is 6.92 Å². The third-order valence-electron chi connectivity index (χ3n) is 1.67. The van der Waals surface area contributed by atoms with Crippen LogP contribution in [0.4, 0.5) is 0 Å². The molecule has 2 N–H and O–H groups in total. The van der Waals surface area contributed by atoms with Gasteiger partial charge in [0.05, 0.1) is 0 Å². The summed E-state index contributed by atoms with van der Waals surface area (Å²) < 4.78 is 0. The molecule has 0 saturated heterocycles. The number of hydrogen-bond acceptors (Lipinski definition) is 2. The van der Waals surface area contributed by atoms with E-state index in [-0.39, 0.29) is 0 Å². The monoisotopic (exact) mass is 144 g/mol. The Balaban J connectivity index is 4.38. The quantitative estimate of drug-likeness (QED) is 0.571. The van der Waals surface area contributed by atoms with Crippen LogP contribution in [0, 0.1) is 5.92 Å². The Labute approximate surface area is 60.0 Å². The highest BCUT2D eigenvalue weighted by Gasteiger charge is 2.34. The van der Waals surface area contributed by atoms with E-state index in [0.29, 0.717) is 0 Å². The first-order chi connectivity index (χ1) is 4.42. The molecule has 0 fully saturated rings. The van der Waals surface area contributed by atoms with Crippen molar-refractivity contribution in [3.8, 4) is 0 Å². The van der Waals surface area contributed by atoms with Crippen molar-refractivity contribution in [1.29, 1.82) is 0 Å². The van der Waals surface area contributed by atoms with Crippen molar-refractivity contribution in [2.75, 3.05) is 0 Å². The predicted molar refractivity (Wildman–Crippen MR) is 37.6 cm³/mol. The lowest BCUT2D eigenvalue weighted by Gasteiger charge is -2.22. The van der Waals surface area contributed by atoms with E-state index in [1.165, 1.54) is 13.0 Å². The van der Waals surface area contributed by atoms with Gasteiger partial charge < -0.3 is 10.2 Å². The molecule has 10 heavy (non-hydrogen) atoms. The van der Waals surface area contributed by atoms with Gasteiger partial charge in [-0.2, -0.15) is 0 Å². The van der Waals surface area contributed by atoms with E-state index in [1.807, 2.05) is 0 Å². The first-order valence-corrected chi connectivity index (χ1v) is 3.01. The number of carboxylic acid groups (broad SMARTS) is 1. The van der Waals surface area contributed by atoms with E-state index in [1.54, 1.807) is 6.92 Å². The van der Waals surface area contributed by atoms with Gasteiger partial charge >= 0.3 is 5.97 Å². The lowest BCUT2D eigenvalue weighted by molar-refractivity contribution is -0.159. The molecule has 0 rings (SSSR count). The Bertz CT molecular complexity index is 149. The zero-order valence-electron chi connectivity index (χ0n) is 6.16. The minimum absolute atomic E-state index is 0.440. The molecule has 0 heterocycles. The highest BCUT2D eigenvalue weighted by molar-refractivity contribution is 5.77. The fourth-order valence-corrected chi connectivity index (χ4v) is 0.424. The zero-order chi connectivity index (χ0) is 8.36. The largest absolute Gasteiger partial charge is 0.479 e. The van der Waals surface area contributed by atoms with Gasteiger partial charge in [0.15, 0.2) is 5.60 Å². The summed E-state index contributed by atoms with van der Waals surface area (Å²) in [6.45, 7) is 6.24. The first kappa shape index (κ1) is 9.17. The number of carboxylic acids is 1. The van der Waals surface area contributed by atoms with Crippen molar-refractivity contribution >= 4 is 5.97 Å². The number of hydrogen-bond donors (Lipinski definition) is 2. The molecular weight excluding hydrogens is 132 g/mol. The van der Waals surface area contributed by atoms with Gasteiger partial charge in [-0.15, -0.1) is 6.58 Å². The summed E-state index contributed by atoms with van der Waals surface area (Å²) in [5.41, 5.74) is -1.69. The van der Waals surface area contributed by atoms with Crippen molar-refractivity contribution < 1.29 is 15.0 Å². The molecule has 0 aliphatic heterocycles. The Morgan fingerprint density at radius 1 is 1.80 bits per heavy atom. The van der Waals surface area contributed by atoms with Crippen molar-refractivity contribution in [2.24, 2.45) is 5.92 Å². The summed E-state index contributed by atoms with van der Waals surface area (Å²) in [5, 5.41) is 17.6. The Hall–Kier alpha value is -0.830. The minimum Gasteiger partial charge on any atom is -0.479 e. The minimum atomic E-state index is -1.69. The molecule has 3 heteroatoms. The van der Waals surface area contributed by atoms with Crippen LogP contribution in [-0.2, 0) is 4.79 Å². The molecule has 0 aliphatic rings. The molecule has 0 unspecified atom stereocenters. The molecule has 0 aromatic carbocycles. The molecular formula is C7H12O3. The average Bonchev–Trinajstić information content (AvgIpc) is 1.86. The van der Waals surface area contributed by atoms with Crippen LogP contribution in [0.2, 0.25) is 0 Å². The molecule has 3 nitrogen and oxygen atoms in total. The Morgan fingerprint density at radius 2 is 2.20 bits per heavy atom. The van der Waals surface area contributed by atoms with Gasteiger partial charge in [-0.3, -0.25) is 0 Å². The van der Waals surface area contributed by atoms with Gasteiger partial charge in [0, 0.05) is 5.92 Å². The van der Waals surface area contributed by atoms with Crippen LogP contribution in [0.5, 0.6) is 0 Å². The van der Waals surface area contributed by atoms with Gasteiger partial charge in [0.25, 0.3) is 0 Å². The predicted octanol–water partition coefficient (Wildman–Crippen LogP) is 0.644. The van der Waals surface area contributed by atoms with E-state index < -0.39 is 17.5 Å². The molecule has 0 amide bonds. The number of aliphatic hydroxyl groups is 1. The van der Waals surface area contributed by atoms with E-state index in [2.05, 4.69) is 6.58 Å². The molecule has 0 spiro atoms. The Morgan fingerprint density at radius 3 is 2.30 bits per heavy atom. The van der Waals surface area contributed by atoms with Crippen LogP contribution in [-0.4, -0.2) is 21.8 Å². The fourth-order valence-electron chi connectivity index (χ4n) is 0.424. The molecule has 2 atom stereocenters. The zero-order valence-corrected chi connectivity index (χ0v) is 6.16. The lowest BCUT2D eigenvalue weighted by Crippen LogP contribution is -2.40. The number of rotatable bonds is 3. The van der Waals surface area contributed by atoms with Crippen LogP contribution in [0.25, 0.3) is 0 Å². The maximum atomic E-state index is 10.3. The molecule has 0 aliphatic carbocycles. The normalized spacial score (nSPS) is 19.1. The second-order valence-electron chi connectivity index (χ2n) is 2.48. The molecule has 0 radical (unpaired) electrons. The van der Waals surface area contributed by atoms with E-state index in [0.717, 1.165) is 0 Å². The number of aliphatic carboxylic acids is 1. The molecule has 0 bridgehead atoms. The summed E-state index contributed by atoms with van der Waals surface area (Å²) >= 11 is 0. The van der Waals surface area contributed by atoms with Crippen LogP contribution in [0.15, 0.2) is 12.7 Å². The van der Waals surface area contributed by atoms with Gasteiger partial charge in [-0.25, -0.2) is 4.79 Å². The van der Waals surface area contributed by atoms with Crippen molar-refractivity contribution in [1.82, 2.24) is 0 Å². The SMILES string of the molecule is C=C[C@@H](C)[C@@](C)(O)C(=O)O. The summed E-state index contributed by atoms with van der Waals surface area (Å²) in [6.07, 6.45) is 1.41. The summed E-state index contributed by atoms with van der Waals surface area (Å²) in [4.78, 5) is 10.3. The van der Waals surface area contributed by atoms with Crippen LogP contribution < -0.4 is 0 Å². The van der Waals surface area contributed by atoms with Crippen LogP contribution >= 0.6 is 0 Å². The Kier molecular flexibility index (Phi) is 2.60. The first-order valence-electron chi connectivity index (χ1n) is 3.01. The smallest absolute Gasteiger partial charge is 0.335 e. The summed E-state index contributed by atoms with van der Waals surface area (Å²) in [7, 11) is 0. The average molecular weight is 144 g/mol. The molecule has 58 valence electrons. The number of carbonyl (C=O) groups is 1. The maximum absolute atomic E-state index is 10.3. The molecule has 0 aromatic rings. The molecule has 0 saturated carbocycles. The summed E-state index contributed by atoms with van der Waals surface area (Å²) in [5.74, 6) is -1.66. The topological polar surface area (TPSA) is 57.5 Å². The van der Waals surface area contributed by atoms with Crippen molar-refractivity contribution in [3.63, 3.8) is 0 Å². The third-order valence-corrected chi connectivity index (χ3v) is 1.67. The molecule has 0 aromatic heterocycles. The van der Waals surface area contributed by atoms with Crippen molar-refractivity contribution in [3.05, 3.63) is 12.7 Å². The van der Waals surface area contributed by atoms with Gasteiger partial charge in [0.1, 0.15) is 0 Å². The van der Waals surface area contributed by atoms with Gasteiger partial charge in [0.2, 0.25) is 0 Å². The van der Waals surface area contributed by atoms with Crippen LogP contribution in [0.1, 0.15) is 13.8 Å². The highest BCUT2D eigenvalue weighted by Crippen LogP contribution is 2.17. The standard InChI is InChI=1S/C7H12O3/c1-4-5(2)7(3,10)6(8)9/h4-5,10H,1H2,2-3H3,(H,8,9)/t5-,7-/m1/s1. The summed E-state index contributed by atoms with van der Waals surface area (Å²) in [6, 6.07) is 0. The van der Waals surface area contributed by atoms with E-state index >= 15 is 0 Å². The van der Waals surface area contributed by atoms with E-state index in [9.17, 15) is 9.90 Å². The van der Waals surface area contributed by atoms with Crippen LogP contribution in [0.3, 0.4) is 0 Å². The van der Waals surface area contributed by atoms with E-state index in [4.69, 9.17) is 5.11 Å². The maximum Gasteiger partial charge on any atom is 0.335 e.